The zero-order valence-corrected chi connectivity index (χ0v) is 20.4. The van der Waals surface area contributed by atoms with Crippen molar-refractivity contribution in [3.05, 3.63) is 93.4 Å². The van der Waals surface area contributed by atoms with Gasteiger partial charge in [0, 0.05) is 10.7 Å². The Morgan fingerprint density at radius 3 is 2.30 bits per heavy atom. The normalized spacial score (nSPS) is 18.8. The Bertz CT molecular complexity index is 1680. The minimum absolute atomic E-state index is 0.188. The number of rotatable bonds is 5. The van der Waals surface area contributed by atoms with Gasteiger partial charge in [-0.2, -0.15) is 0 Å². The second kappa shape index (κ2) is 7.49. The lowest BCUT2D eigenvalue weighted by Crippen LogP contribution is -2.35. The number of benzene rings is 3. The van der Waals surface area contributed by atoms with E-state index >= 15 is 0 Å². The molecule has 2 heterocycles. The van der Waals surface area contributed by atoms with E-state index in [-0.39, 0.29) is 22.9 Å². The zero-order valence-electron chi connectivity index (χ0n) is 19.7. The van der Waals surface area contributed by atoms with E-state index in [0.29, 0.717) is 22.8 Å². The van der Waals surface area contributed by atoms with Crippen molar-refractivity contribution in [3.8, 4) is 5.69 Å². The first kappa shape index (κ1) is 22.2. The molecule has 9 heteroatoms. The quantitative estimate of drug-likeness (QED) is 0.396. The summed E-state index contributed by atoms with van der Waals surface area (Å²) >= 11 is 6.36. The average Bonchev–Trinajstić information content (AvgIpc) is 3.80. The van der Waals surface area contributed by atoms with E-state index in [1.807, 2.05) is 36.4 Å². The molecule has 1 saturated heterocycles. The van der Waals surface area contributed by atoms with E-state index in [1.54, 1.807) is 44.4 Å². The van der Waals surface area contributed by atoms with Crippen molar-refractivity contribution in [2.75, 3.05) is 11.5 Å². The van der Waals surface area contributed by atoms with Crippen molar-refractivity contribution in [3.63, 3.8) is 0 Å². The first-order chi connectivity index (χ1) is 17.8. The lowest BCUT2D eigenvalue weighted by Gasteiger charge is -2.21. The van der Waals surface area contributed by atoms with Crippen molar-refractivity contribution in [1.82, 2.24) is 9.13 Å². The molecule has 8 nitrogen and oxygen atoms in total. The largest absolute Gasteiger partial charge is 0.478 e. The highest BCUT2D eigenvalue weighted by Gasteiger charge is 2.57. The van der Waals surface area contributed by atoms with Gasteiger partial charge < -0.3 is 9.84 Å². The molecule has 4 aromatic rings. The molecule has 3 aliphatic rings. The summed E-state index contributed by atoms with van der Waals surface area (Å²) in [5, 5.41) is 10.0. The Morgan fingerprint density at radius 1 is 0.892 bits per heavy atom. The maximum absolute atomic E-state index is 14.1. The predicted octanol–water partition coefficient (Wildman–Crippen LogP) is 5.17. The smallest absolute Gasteiger partial charge is 0.415 e. The number of aromatic nitrogens is 2. The lowest BCUT2D eigenvalue weighted by molar-refractivity contribution is 0.0696. The third-order valence-electron chi connectivity index (χ3n) is 7.91. The van der Waals surface area contributed by atoms with Gasteiger partial charge in [-0.1, -0.05) is 23.7 Å². The number of carbonyl (C=O) groups is 2. The van der Waals surface area contributed by atoms with Crippen LogP contribution in [0.1, 0.15) is 41.6 Å². The molecule has 0 radical (unpaired) electrons. The Balaban J connectivity index is 1.37. The van der Waals surface area contributed by atoms with Crippen LogP contribution in [0.4, 0.5) is 10.5 Å². The zero-order chi connectivity index (χ0) is 25.5. The van der Waals surface area contributed by atoms with Crippen LogP contribution in [0.25, 0.3) is 16.7 Å². The van der Waals surface area contributed by atoms with E-state index in [4.69, 9.17) is 16.3 Å². The van der Waals surface area contributed by atoms with Crippen molar-refractivity contribution < 1.29 is 19.4 Å². The molecule has 1 N–H and O–H groups in total. The molecule has 186 valence electrons. The summed E-state index contributed by atoms with van der Waals surface area (Å²) in [6.45, 7) is 0.407. The van der Waals surface area contributed by atoms with Gasteiger partial charge in [0.1, 0.15) is 6.61 Å². The van der Waals surface area contributed by atoms with Crippen LogP contribution in [0, 0.1) is 0 Å². The molecular weight excluding hydrogens is 494 g/mol. The van der Waals surface area contributed by atoms with E-state index < -0.39 is 11.5 Å². The number of ether oxygens (including phenoxy) is 1. The first-order valence-electron chi connectivity index (χ1n) is 12.2. The van der Waals surface area contributed by atoms with Gasteiger partial charge in [-0.05, 0) is 85.8 Å². The number of nitrogens with zero attached hydrogens (tertiary/aromatic N) is 3. The fourth-order valence-corrected chi connectivity index (χ4v) is 5.86. The number of anilines is 1. The number of imidazole rings is 1. The summed E-state index contributed by atoms with van der Waals surface area (Å²) in [5.41, 5.74) is 2.65. The second-order valence-corrected chi connectivity index (χ2v) is 10.6. The molecule has 2 aliphatic carbocycles. The Hall–Kier alpha value is -4.04. The minimum atomic E-state index is -1.01. The highest BCUT2D eigenvalue weighted by Crippen LogP contribution is 2.51. The van der Waals surface area contributed by atoms with Crippen molar-refractivity contribution in [2.24, 2.45) is 0 Å². The molecule has 7 rings (SSSR count). The van der Waals surface area contributed by atoms with Gasteiger partial charge in [0.15, 0.2) is 0 Å². The van der Waals surface area contributed by atoms with Gasteiger partial charge in [-0.15, -0.1) is 0 Å². The first-order valence-corrected chi connectivity index (χ1v) is 12.6. The van der Waals surface area contributed by atoms with Gasteiger partial charge in [-0.25, -0.2) is 14.4 Å². The Labute approximate surface area is 216 Å². The molecule has 1 spiro atoms. The van der Waals surface area contributed by atoms with Crippen LogP contribution < -0.4 is 10.6 Å². The molecule has 1 amide bonds. The summed E-state index contributed by atoms with van der Waals surface area (Å²) in [6, 6.07) is 19.5. The van der Waals surface area contributed by atoms with Crippen LogP contribution in [0.2, 0.25) is 5.02 Å². The summed E-state index contributed by atoms with van der Waals surface area (Å²) in [5.74, 6) is -1.01. The predicted molar refractivity (Wildman–Crippen MR) is 138 cm³/mol. The molecule has 1 aliphatic heterocycles. The molecule has 0 unspecified atom stereocenters. The number of carbonyl (C=O) groups excluding carboxylic acids is 1. The standard InChI is InChI=1S/C28H22ClN3O5/c29-19-4-9-22-23(15-19)30(20-5-7-21(8-6-20)31-26(36)37-16-27(31)10-11-27)25(35)32(22)28(12-13-28)18-3-1-2-17(14-18)24(33)34/h1-9,14-15H,10-13,16H2,(H,33,34). The highest BCUT2D eigenvalue weighted by atomic mass is 35.5. The van der Waals surface area contributed by atoms with Crippen LogP contribution >= 0.6 is 11.6 Å². The molecule has 3 fully saturated rings. The van der Waals surface area contributed by atoms with Gasteiger partial charge in [0.25, 0.3) is 0 Å². The monoisotopic (exact) mass is 515 g/mol. The number of fused-ring (bicyclic) bond motifs is 1. The number of amides is 1. The highest BCUT2D eigenvalue weighted by molar-refractivity contribution is 6.31. The number of cyclic esters (lactones) is 1. The number of carboxylic acids is 1. The summed E-state index contributed by atoms with van der Waals surface area (Å²) in [7, 11) is 0. The molecule has 0 atom stereocenters. The fourth-order valence-electron chi connectivity index (χ4n) is 5.70. The van der Waals surface area contributed by atoms with Crippen molar-refractivity contribution in [1.29, 1.82) is 0 Å². The number of carboxylic acid groups (broad SMARTS) is 1. The molecule has 0 bridgehead atoms. The maximum atomic E-state index is 14.1. The number of halogens is 1. The molecule has 37 heavy (non-hydrogen) atoms. The fraction of sp³-hybridized carbons (Fsp3) is 0.250. The van der Waals surface area contributed by atoms with Gasteiger partial charge in [0.05, 0.1) is 33.4 Å². The van der Waals surface area contributed by atoms with E-state index in [2.05, 4.69) is 0 Å². The van der Waals surface area contributed by atoms with Crippen LogP contribution in [0.15, 0.2) is 71.5 Å². The van der Waals surface area contributed by atoms with Gasteiger partial charge in [0.2, 0.25) is 0 Å². The van der Waals surface area contributed by atoms with Crippen LogP contribution in [-0.4, -0.2) is 38.4 Å². The van der Waals surface area contributed by atoms with Crippen LogP contribution in [-0.2, 0) is 10.3 Å². The van der Waals surface area contributed by atoms with E-state index in [0.717, 1.165) is 42.5 Å². The third kappa shape index (κ3) is 3.18. The maximum Gasteiger partial charge on any atom is 0.415 e. The van der Waals surface area contributed by atoms with Crippen LogP contribution in [0.5, 0.6) is 0 Å². The van der Waals surface area contributed by atoms with E-state index in [1.165, 1.54) is 0 Å². The average molecular weight is 516 g/mol. The molecule has 2 saturated carbocycles. The number of hydrogen-bond donors (Lipinski definition) is 1. The number of hydrogen-bond acceptors (Lipinski definition) is 4. The molecular formula is C28H22ClN3O5. The Morgan fingerprint density at radius 2 is 1.62 bits per heavy atom. The molecule has 1 aromatic heterocycles. The van der Waals surface area contributed by atoms with Gasteiger partial charge in [-0.3, -0.25) is 14.0 Å². The van der Waals surface area contributed by atoms with Crippen molar-refractivity contribution >= 4 is 40.4 Å². The third-order valence-corrected chi connectivity index (χ3v) is 8.15. The summed E-state index contributed by atoms with van der Waals surface area (Å²) in [4.78, 5) is 39.8. The van der Waals surface area contributed by atoms with Crippen LogP contribution in [0.3, 0.4) is 0 Å². The molecule has 3 aromatic carbocycles. The summed E-state index contributed by atoms with van der Waals surface area (Å²) < 4.78 is 8.69. The SMILES string of the molecule is O=C(O)c1cccc(C2(n3c(=O)n(-c4ccc(N5C(=O)OCC56CC6)cc4)c4cc(Cl)ccc43)CC2)c1. The van der Waals surface area contributed by atoms with Crippen molar-refractivity contribution in [2.45, 2.75) is 36.8 Å². The number of aromatic carboxylic acids is 1. The lowest BCUT2D eigenvalue weighted by atomic mass is 10.0. The second-order valence-electron chi connectivity index (χ2n) is 10.1. The Kier molecular flexibility index (Phi) is 4.49. The topological polar surface area (TPSA) is 93.8 Å². The van der Waals surface area contributed by atoms with E-state index in [9.17, 15) is 19.5 Å². The summed E-state index contributed by atoms with van der Waals surface area (Å²) in [6.07, 6.45) is 2.92. The minimum Gasteiger partial charge on any atom is -0.478 e. The van der Waals surface area contributed by atoms with Gasteiger partial charge >= 0.3 is 17.8 Å².